The number of ether oxygens (including phenoxy) is 2. The van der Waals surface area contributed by atoms with Gasteiger partial charge in [0.25, 0.3) is 0 Å². The van der Waals surface area contributed by atoms with Crippen molar-refractivity contribution in [3.63, 3.8) is 0 Å². The molecule has 19 heavy (non-hydrogen) atoms. The Balaban J connectivity index is 2.44. The number of hydrogen-bond acceptors (Lipinski definition) is 3. The molecule has 0 bridgehead atoms. The highest BCUT2D eigenvalue weighted by Gasteiger charge is 2.19. The normalized spacial score (nSPS) is 12.3. The lowest BCUT2D eigenvalue weighted by Crippen LogP contribution is -1.99. The van der Waals surface area contributed by atoms with E-state index in [-0.39, 0.29) is 5.38 Å². The zero-order valence-electron chi connectivity index (χ0n) is 10.9. The molecule has 0 saturated heterocycles. The molecule has 0 aliphatic rings. The molecule has 3 nitrogen and oxygen atoms in total. The van der Waals surface area contributed by atoms with Crippen LogP contribution < -0.4 is 9.47 Å². The minimum absolute atomic E-state index is 0.369. The van der Waals surface area contributed by atoms with Crippen molar-refractivity contribution in [2.45, 2.75) is 12.3 Å². The van der Waals surface area contributed by atoms with E-state index in [4.69, 9.17) is 25.5 Å². The Morgan fingerprint density at radius 1 is 1.16 bits per heavy atom. The molecule has 0 fully saturated rings. The van der Waals surface area contributed by atoms with E-state index in [1.54, 1.807) is 14.2 Å². The number of halogens is 2. The molecule has 2 rings (SSSR count). The SMILES string of the molecule is COc1cc(C)c(C(Cl)c2ccc(Br)o2)cc1OC. The summed E-state index contributed by atoms with van der Waals surface area (Å²) in [6, 6.07) is 7.45. The summed E-state index contributed by atoms with van der Waals surface area (Å²) in [5, 5.41) is -0.369. The fourth-order valence-electron chi connectivity index (χ4n) is 1.89. The molecule has 0 aliphatic carbocycles. The summed E-state index contributed by atoms with van der Waals surface area (Å²) < 4.78 is 16.7. The average molecular weight is 346 g/mol. The van der Waals surface area contributed by atoms with Crippen LogP contribution in [0.3, 0.4) is 0 Å². The van der Waals surface area contributed by atoms with Gasteiger partial charge in [0.15, 0.2) is 16.2 Å². The van der Waals surface area contributed by atoms with Crippen LogP contribution in [0.1, 0.15) is 22.3 Å². The summed E-state index contributed by atoms with van der Waals surface area (Å²) in [6.45, 7) is 1.98. The van der Waals surface area contributed by atoms with Crippen molar-refractivity contribution in [3.05, 3.63) is 45.8 Å². The molecule has 1 aromatic carbocycles. The van der Waals surface area contributed by atoms with Crippen LogP contribution in [0.15, 0.2) is 33.4 Å². The van der Waals surface area contributed by atoms with E-state index < -0.39 is 0 Å². The van der Waals surface area contributed by atoms with Gasteiger partial charge < -0.3 is 13.9 Å². The summed E-state index contributed by atoms with van der Waals surface area (Å²) in [5.74, 6) is 2.02. The van der Waals surface area contributed by atoms with Crippen molar-refractivity contribution in [1.82, 2.24) is 0 Å². The Kier molecular flexibility index (Phi) is 4.42. The third-order valence-corrected chi connectivity index (χ3v) is 3.77. The van der Waals surface area contributed by atoms with E-state index in [0.717, 1.165) is 11.1 Å². The lowest BCUT2D eigenvalue weighted by atomic mass is 10.0. The molecular weight excluding hydrogens is 332 g/mol. The first-order valence-corrected chi connectivity index (χ1v) is 6.91. The van der Waals surface area contributed by atoms with E-state index in [9.17, 15) is 0 Å². The Hall–Kier alpha value is -1.13. The molecule has 0 aliphatic heterocycles. The first-order chi connectivity index (χ1) is 9.06. The third kappa shape index (κ3) is 2.90. The quantitative estimate of drug-likeness (QED) is 0.753. The lowest BCUT2D eigenvalue weighted by Gasteiger charge is -2.15. The Bertz CT molecular complexity index is 580. The molecule has 1 heterocycles. The lowest BCUT2D eigenvalue weighted by molar-refractivity contribution is 0.354. The fourth-order valence-corrected chi connectivity index (χ4v) is 2.56. The largest absolute Gasteiger partial charge is 0.493 e. The van der Waals surface area contributed by atoms with Crippen LogP contribution in [0.25, 0.3) is 0 Å². The van der Waals surface area contributed by atoms with Gasteiger partial charge in [-0.1, -0.05) is 0 Å². The molecule has 0 spiro atoms. The van der Waals surface area contributed by atoms with E-state index in [2.05, 4.69) is 15.9 Å². The molecule has 0 amide bonds. The number of hydrogen-bond donors (Lipinski definition) is 0. The van der Waals surface area contributed by atoms with Gasteiger partial charge >= 0.3 is 0 Å². The Labute approximate surface area is 125 Å². The predicted octanol–water partition coefficient (Wildman–Crippen LogP) is 4.70. The zero-order chi connectivity index (χ0) is 14.0. The van der Waals surface area contributed by atoms with Gasteiger partial charge in [-0.25, -0.2) is 0 Å². The number of benzene rings is 1. The van der Waals surface area contributed by atoms with E-state index in [1.807, 2.05) is 31.2 Å². The van der Waals surface area contributed by atoms with Crippen LogP contribution >= 0.6 is 27.5 Å². The van der Waals surface area contributed by atoms with Crippen molar-refractivity contribution in [3.8, 4) is 11.5 Å². The molecule has 102 valence electrons. The minimum atomic E-state index is -0.369. The van der Waals surface area contributed by atoms with Gasteiger partial charge in [-0.3, -0.25) is 0 Å². The predicted molar refractivity (Wildman–Crippen MR) is 78.4 cm³/mol. The highest BCUT2D eigenvalue weighted by atomic mass is 79.9. The second kappa shape index (κ2) is 5.88. The van der Waals surface area contributed by atoms with Crippen LogP contribution in [-0.4, -0.2) is 14.2 Å². The average Bonchev–Trinajstić information content (AvgIpc) is 2.84. The van der Waals surface area contributed by atoms with Gasteiger partial charge in [0, 0.05) is 0 Å². The topological polar surface area (TPSA) is 31.6 Å². The van der Waals surface area contributed by atoms with E-state index in [1.165, 1.54) is 0 Å². The van der Waals surface area contributed by atoms with Gasteiger partial charge in [0.1, 0.15) is 11.1 Å². The maximum absolute atomic E-state index is 6.46. The monoisotopic (exact) mass is 344 g/mol. The van der Waals surface area contributed by atoms with Crippen LogP contribution in [-0.2, 0) is 0 Å². The maximum Gasteiger partial charge on any atom is 0.169 e. The molecule has 1 aromatic heterocycles. The molecule has 2 aromatic rings. The van der Waals surface area contributed by atoms with Gasteiger partial charge in [0.2, 0.25) is 0 Å². The summed E-state index contributed by atoms with van der Waals surface area (Å²) >= 11 is 9.74. The van der Waals surface area contributed by atoms with Crippen LogP contribution in [0.5, 0.6) is 11.5 Å². The van der Waals surface area contributed by atoms with Gasteiger partial charge in [-0.05, 0) is 58.2 Å². The Morgan fingerprint density at radius 3 is 2.32 bits per heavy atom. The number of alkyl halides is 1. The number of rotatable bonds is 4. The van der Waals surface area contributed by atoms with E-state index in [0.29, 0.717) is 21.9 Å². The summed E-state index contributed by atoms with van der Waals surface area (Å²) in [6.07, 6.45) is 0. The van der Waals surface area contributed by atoms with Gasteiger partial charge in [0.05, 0.1) is 14.2 Å². The van der Waals surface area contributed by atoms with Crippen molar-refractivity contribution in [2.75, 3.05) is 14.2 Å². The molecule has 1 unspecified atom stereocenters. The second-order valence-corrected chi connectivity index (χ2v) is 5.29. The van der Waals surface area contributed by atoms with Crippen molar-refractivity contribution < 1.29 is 13.9 Å². The smallest absolute Gasteiger partial charge is 0.169 e. The molecule has 5 heteroatoms. The molecule has 0 saturated carbocycles. The Morgan fingerprint density at radius 2 is 1.79 bits per heavy atom. The number of methoxy groups -OCH3 is 2. The first kappa shape index (κ1) is 14.3. The van der Waals surface area contributed by atoms with Crippen molar-refractivity contribution in [1.29, 1.82) is 0 Å². The standard InChI is InChI=1S/C14H14BrClO3/c1-8-6-11(17-2)12(18-3)7-9(8)14(16)10-4-5-13(15)19-10/h4-7,14H,1-3H3. The fraction of sp³-hybridized carbons (Fsp3) is 0.286. The third-order valence-electron chi connectivity index (χ3n) is 2.89. The van der Waals surface area contributed by atoms with Crippen molar-refractivity contribution in [2.24, 2.45) is 0 Å². The second-order valence-electron chi connectivity index (χ2n) is 4.07. The van der Waals surface area contributed by atoms with Crippen LogP contribution in [0, 0.1) is 6.92 Å². The highest BCUT2D eigenvalue weighted by Crippen LogP contribution is 2.38. The number of aryl methyl sites for hydroxylation is 1. The molecule has 1 atom stereocenters. The molecule has 0 radical (unpaired) electrons. The minimum Gasteiger partial charge on any atom is -0.493 e. The molecular formula is C14H14BrClO3. The van der Waals surface area contributed by atoms with Crippen LogP contribution in [0.4, 0.5) is 0 Å². The highest BCUT2D eigenvalue weighted by molar-refractivity contribution is 9.10. The summed E-state index contributed by atoms with van der Waals surface area (Å²) in [5.41, 5.74) is 1.95. The van der Waals surface area contributed by atoms with E-state index >= 15 is 0 Å². The summed E-state index contributed by atoms with van der Waals surface area (Å²) in [7, 11) is 3.21. The van der Waals surface area contributed by atoms with Crippen LogP contribution in [0.2, 0.25) is 0 Å². The molecule has 0 N–H and O–H groups in total. The van der Waals surface area contributed by atoms with Gasteiger partial charge in [-0.15, -0.1) is 11.6 Å². The summed E-state index contributed by atoms with van der Waals surface area (Å²) in [4.78, 5) is 0. The van der Waals surface area contributed by atoms with Crippen molar-refractivity contribution >= 4 is 27.5 Å². The number of furan rings is 1. The first-order valence-electron chi connectivity index (χ1n) is 5.68. The van der Waals surface area contributed by atoms with Gasteiger partial charge in [-0.2, -0.15) is 0 Å². The zero-order valence-corrected chi connectivity index (χ0v) is 13.2. The maximum atomic E-state index is 6.46.